The molecule has 0 aliphatic rings. The van der Waals surface area contributed by atoms with Crippen molar-refractivity contribution < 1.29 is 27.1 Å². The highest BCUT2D eigenvalue weighted by molar-refractivity contribution is 6.31. The maximum absolute atomic E-state index is 12.4. The van der Waals surface area contributed by atoms with Crippen molar-refractivity contribution in [2.24, 2.45) is 0 Å². The van der Waals surface area contributed by atoms with E-state index in [1.807, 2.05) is 0 Å². The van der Waals surface area contributed by atoms with Gasteiger partial charge in [0, 0.05) is 18.0 Å². The summed E-state index contributed by atoms with van der Waals surface area (Å²) in [7, 11) is 0. The number of aromatic nitrogens is 1. The summed E-state index contributed by atoms with van der Waals surface area (Å²) in [4.78, 5) is 24.1. The van der Waals surface area contributed by atoms with Gasteiger partial charge in [-0.2, -0.15) is 13.2 Å². The Bertz CT molecular complexity index is 1080. The molecule has 0 radical (unpaired) electrons. The molecule has 29 heavy (non-hydrogen) atoms. The number of halogens is 4. The normalized spacial score (nSPS) is 11.6. The third-order valence-corrected chi connectivity index (χ3v) is 4.20. The molecule has 6 nitrogen and oxygen atoms in total. The van der Waals surface area contributed by atoms with E-state index in [0.717, 1.165) is 0 Å². The second-order valence-corrected chi connectivity index (χ2v) is 6.62. The molecule has 0 saturated carbocycles. The highest BCUT2D eigenvalue weighted by Gasteiger charge is 2.29. The molecule has 0 spiro atoms. The van der Waals surface area contributed by atoms with E-state index in [-0.39, 0.29) is 29.4 Å². The summed E-state index contributed by atoms with van der Waals surface area (Å²) >= 11 is 5.86. The van der Waals surface area contributed by atoms with Crippen LogP contribution in [0.4, 0.5) is 18.9 Å². The summed E-state index contributed by atoms with van der Waals surface area (Å²) < 4.78 is 48.4. The fourth-order valence-electron chi connectivity index (χ4n) is 2.72. The van der Waals surface area contributed by atoms with Crippen molar-refractivity contribution in [2.45, 2.75) is 25.6 Å². The first-order chi connectivity index (χ1) is 13.7. The summed E-state index contributed by atoms with van der Waals surface area (Å²) in [5.74, 6) is -1.12. The molecule has 0 fully saturated rings. The molecule has 0 unspecified atom stereocenters. The van der Waals surface area contributed by atoms with Gasteiger partial charge >= 0.3 is 11.9 Å². The molecule has 1 N–H and O–H groups in total. The molecule has 3 rings (SSSR count). The fourth-order valence-corrected chi connectivity index (χ4v) is 2.89. The minimum atomic E-state index is -4.51. The first-order valence-corrected chi connectivity index (χ1v) is 8.98. The summed E-state index contributed by atoms with van der Waals surface area (Å²) in [5, 5.41) is 2.73. The summed E-state index contributed by atoms with van der Waals surface area (Å²) in [6.45, 7) is -1.25. The van der Waals surface area contributed by atoms with Crippen LogP contribution in [0.25, 0.3) is 11.1 Å². The molecule has 1 heterocycles. The number of hydrogen-bond acceptors (Lipinski definition) is 4. The number of rotatable bonds is 7. The van der Waals surface area contributed by atoms with Crippen LogP contribution in [0.1, 0.15) is 12.8 Å². The topological polar surface area (TPSA) is 73.5 Å². The number of fused-ring (bicyclic) bond motifs is 1. The van der Waals surface area contributed by atoms with E-state index >= 15 is 0 Å². The molecule has 0 atom stereocenters. The number of nitrogens with one attached hydrogen (secondary N) is 1. The lowest BCUT2D eigenvalue weighted by molar-refractivity contribution is -0.153. The molecule has 1 aromatic heterocycles. The lowest BCUT2D eigenvalue weighted by Gasteiger charge is -2.14. The molecule has 10 heteroatoms. The van der Waals surface area contributed by atoms with Gasteiger partial charge in [0.05, 0.1) is 11.2 Å². The summed E-state index contributed by atoms with van der Waals surface area (Å²) in [6.07, 6.45) is -4.17. The average Bonchev–Trinajstić information content (AvgIpc) is 2.96. The number of aryl methyl sites for hydroxylation is 1. The lowest BCUT2D eigenvalue weighted by atomic mass is 10.2. The SMILES string of the molecule is O=C(CCCn1c(=O)oc2ccccc21)Nc1cc(Cl)ccc1OCC(F)(F)F. The Morgan fingerprint density at radius 1 is 1.21 bits per heavy atom. The average molecular weight is 429 g/mol. The van der Waals surface area contributed by atoms with E-state index in [1.54, 1.807) is 24.3 Å². The van der Waals surface area contributed by atoms with Crippen LogP contribution in [0, 0.1) is 0 Å². The maximum Gasteiger partial charge on any atom is 0.422 e. The largest absolute Gasteiger partial charge is 0.482 e. The van der Waals surface area contributed by atoms with E-state index in [0.29, 0.717) is 17.5 Å². The summed E-state index contributed by atoms with van der Waals surface area (Å²) in [6, 6.07) is 10.8. The number of nitrogens with zero attached hydrogens (tertiary/aromatic N) is 1. The molecule has 154 valence electrons. The van der Waals surface area contributed by atoms with Crippen molar-refractivity contribution in [2.75, 3.05) is 11.9 Å². The molecule has 0 saturated heterocycles. The fraction of sp³-hybridized carbons (Fsp3) is 0.263. The predicted octanol–water partition coefficient (Wildman–Crippen LogP) is 4.61. The number of carbonyl (C=O) groups is 1. The minimum Gasteiger partial charge on any atom is -0.482 e. The number of benzene rings is 2. The van der Waals surface area contributed by atoms with E-state index in [1.165, 1.54) is 22.8 Å². The highest BCUT2D eigenvalue weighted by Crippen LogP contribution is 2.30. The van der Waals surface area contributed by atoms with Crippen LogP contribution in [-0.2, 0) is 11.3 Å². The monoisotopic (exact) mass is 428 g/mol. The van der Waals surface area contributed by atoms with Crippen LogP contribution in [0.5, 0.6) is 5.75 Å². The molecule has 1 amide bonds. The number of amides is 1. The van der Waals surface area contributed by atoms with Gasteiger partial charge in [-0.15, -0.1) is 0 Å². The predicted molar refractivity (Wildman–Crippen MR) is 101 cm³/mol. The van der Waals surface area contributed by atoms with Crippen molar-refractivity contribution >= 4 is 34.3 Å². The van der Waals surface area contributed by atoms with Gasteiger partial charge in [-0.1, -0.05) is 23.7 Å². The number of para-hydroxylation sites is 2. The third kappa shape index (κ3) is 5.54. The number of ether oxygens (including phenoxy) is 1. The number of alkyl halides is 3. The van der Waals surface area contributed by atoms with Gasteiger partial charge in [-0.3, -0.25) is 9.36 Å². The molecule has 0 bridgehead atoms. The minimum absolute atomic E-state index is 0.0250. The van der Waals surface area contributed by atoms with E-state index in [2.05, 4.69) is 5.32 Å². The van der Waals surface area contributed by atoms with Crippen LogP contribution in [0.15, 0.2) is 51.7 Å². The summed E-state index contributed by atoms with van der Waals surface area (Å²) in [5.41, 5.74) is 1.11. The third-order valence-electron chi connectivity index (χ3n) is 3.97. The highest BCUT2D eigenvalue weighted by atomic mass is 35.5. The maximum atomic E-state index is 12.4. The lowest BCUT2D eigenvalue weighted by Crippen LogP contribution is -2.20. The van der Waals surface area contributed by atoms with Gasteiger partial charge < -0.3 is 14.5 Å². The quantitative estimate of drug-likeness (QED) is 0.596. The Kier molecular flexibility index (Phi) is 6.17. The van der Waals surface area contributed by atoms with Crippen LogP contribution in [-0.4, -0.2) is 23.3 Å². The Labute approximate surface area is 167 Å². The van der Waals surface area contributed by atoms with Crippen LogP contribution in [0.2, 0.25) is 5.02 Å². The Morgan fingerprint density at radius 2 is 1.97 bits per heavy atom. The zero-order valence-electron chi connectivity index (χ0n) is 15.0. The van der Waals surface area contributed by atoms with Crippen molar-refractivity contribution in [1.29, 1.82) is 0 Å². The Balaban J connectivity index is 1.61. The zero-order chi connectivity index (χ0) is 21.0. The number of hydrogen-bond donors (Lipinski definition) is 1. The van der Waals surface area contributed by atoms with Gasteiger partial charge in [0.25, 0.3) is 0 Å². The Hall–Kier alpha value is -2.94. The number of oxazole rings is 1. The van der Waals surface area contributed by atoms with Gasteiger partial charge in [-0.05, 0) is 36.8 Å². The zero-order valence-corrected chi connectivity index (χ0v) is 15.7. The molecule has 3 aromatic rings. The van der Waals surface area contributed by atoms with Gasteiger partial charge in [0.1, 0.15) is 5.75 Å². The Morgan fingerprint density at radius 3 is 2.72 bits per heavy atom. The first kappa shape index (κ1) is 20.8. The second-order valence-electron chi connectivity index (χ2n) is 6.18. The van der Waals surface area contributed by atoms with Crippen LogP contribution in [0.3, 0.4) is 0 Å². The molecule has 2 aromatic carbocycles. The van der Waals surface area contributed by atoms with Crippen LogP contribution < -0.4 is 15.8 Å². The van der Waals surface area contributed by atoms with Crippen molar-refractivity contribution in [1.82, 2.24) is 4.57 Å². The van der Waals surface area contributed by atoms with Crippen molar-refractivity contribution in [3.63, 3.8) is 0 Å². The first-order valence-electron chi connectivity index (χ1n) is 8.60. The van der Waals surface area contributed by atoms with Gasteiger partial charge in [0.2, 0.25) is 5.91 Å². The van der Waals surface area contributed by atoms with Gasteiger partial charge in [-0.25, -0.2) is 4.79 Å². The number of anilines is 1. The van der Waals surface area contributed by atoms with E-state index < -0.39 is 24.4 Å². The van der Waals surface area contributed by atoms with E-state index in [4.69, 9.17) is 20.8 Å². The van der Waals surface area contributed by atoms with Gasteiger partial charge in [0.15, 0.2) is 12.2 Å². The molecular weight excluding hydrogens is 413 g/mol. The van der Waals surface area contributed by atoms with E-state index in [9.17, 15) is 22.8 Å². The number of carbonyl (C=O) groups excluding carboxylic acids is 1. The molecular formula is C19H16ClF3N2O4. The standard InChI is InChI=1S/C19H16ClF3N2O4/c20-12-7-8-15(28-11-19(21,22)23)13(10-12)24-17(26)6-3-9-25-14-4-1-2-5-16(14)29-18(25)27/h1-2,4-5,7-8,10H,3,6,9,11H2,(H,24,26). The molecule has 0 aliphatic heterocycles. The van der Waals surface area contributed by atoms with Crippen molar-refractivity contribution in [3.8, 4) is 5.75 Å². The second kappa shape index (κ2) is 8.60. The smallest absolute Gasteiger partial charge is 0.422 e. The van der Waals surface area contributed by atoms with Crippen molar-refractivity contribution in [3.05, 3.63) is 58.0 Å². The van der Waals surface area contributed by atoms with Crippen LogP contribution >= 0.6 is 11.6 Å². The molecule has 0 aliphatic carbocycles.